The molecule has 5 heteroatoms. The summed E-state index contributed by atoms with van der Waals surface area (Å²) < 4.78 is 10.6. The van der Waals surface area contributed by atoms with E-state index >= 15 is 0 Å². The standard InChI is InChI=1S/C14H20N2O3/c1-4-6-11(15)14(17)16-10-7-8-12(18-3)13(9-10)19-5-2/h4,7-9,11H,1,5-6,15H2,2-3H3,(H,16,17). The lowest BCUT2D eigenvalue weighted by molar-refractivity contribution is -0.117. The zero-order valence-electron chi connectivity index (χ0n) is 11.3. The van der Waals surface area contributed by atoms with Gasteiger partial charge in [-0.05, 0) is 25.5 Å². The maximum atomic E-state index is 11.8. The predicted octanol–water partition coefficient (Wildman–Crippen LogP) is 1.94. The van der Waals surface area contributed by atoms with Gasteiger partial charge in [0.25, 0.3) is 0 Å². The van der Waals surface area contributed by atoms with Crippen LogP contribution in [0.2, 0.25) is 0 Å². The minimum Gasteiger partial charge on any atom is -0.493 e. The van der Waals surface area contributed by atoms with E-state index in [4.69, 9.17) is 15.2 Å². The van der Waals surface area contributed by atoms with Gasteiger partial charge in [-0.15, -0.1) is 6.58 Å². The van der Waals surface area contributed by atoms with E-state index in [0.29, 0.717) is 30.2 Å². The Morgan fingerprint density at radius 1 is 1.53 bits per heavy atom. The van der Waals surface area contributed by atoms with Gasteiger partial charge < -0.3 is 20.5 Å². The fraction of sp³-hybridized carbons (Fsp3) is 0.357. The number of methoxy groups -OCH3 is 1. The summed E-state index contributed by atoms with van der Waals surface area (Å²) >= 11 is 0. The molecular weight excluding hydrogens is 244 g/mol. The number of hydrogen-bond donors (Lipinski definition) is 2. The van der Waals surface area contributed by atoms with Crippen LogP contribution in [0.15, 0.2) is 30.9 Å². The van der Waals surface area contributed by atoms with Crippen molar-refractivity contribution >= 4 is 11.6 Å². The quantitative estimate of drug-likeness (QED) is 0.738. The number of benzene rings is 1. The maximum Gasteiger partial charge on any atom is 0.241 e. The van der Waals surface area contributed by atoms with Crippen molar-refractivity contribution in [2.75, 3.05) is 19.0 Å². The summed E-state index contributed by atoms with van der Waals surface area (Å²) in [5.41, 5.74) is 6.31. The summed E-state index contributed by atoms with van der Waals surface area (Å²) in [5, 5.41) is 2.73. The monoisotopic (exact) mass is 264 g/mol. The molecule has 1 aromatic carbocycles. The van der Waals surface area contributed by atoms with Gasteiger partial charge in [-0.2, -0.15) is 0 Å². The van der Waals surface area contributed by atoms with Crippen molar-refractivity contribution in [1.29, 1.82) is 0 Å². The Bertz CT molecular complexity index is 446. The van der Waals surface area contributed by atoms with Crippen LogP contribution in [0.3, 0.4) is 0 Å². The first-order chi connectivity index (χ1) is 9.12. The van der Waals surface area contributed by atoms with E-state index in [-0.39, 0.29) is 5.91 Å². The van der Waals surface area contributed by atoms with Crippen molar-refractivity contribution < 1.29 is 14.3 Å². The van der Waals surface area contributed by atoms with Gasteiger partial charge in [0.2, 0.25) is 5.91 Å². The van der Waals surface area contributed by atoms with Crippen molar-refractivity contribution in [2.45, 2.75) is 19.4 Å². The molecule has 0 aliphatic carbocycles. The Hall–Kier alpha value is -2.01. The van der Waals surface area contributed by atoms with Crippen LogP contribution in [-0.2, 0) is 4.79 Å². The van der Waals surface area contributed by atoms with Gasteiger partial charge in [-0.3, -0.25) is 4.79 Å². The Morgan fingerprint density at radius 2 is 2.26 bits per heavy atom. The number of ether oxygens (including phenoxy) is 2. The van der Waals surface area contributed by atoms with E-state index in [1.165, 1.54) is 0 Å². The van der Waals surface area contributed by atoms with Crippen LogP contribution in [0, 0.1) is 0 Å². The van der Waals surface area contributed by atoms with Crippen LogP contribution in [0.25, 0.3) is 0 Å². The molecule has 1 unspecified atom stereocenters. The largest absolute Gasteiger partial charge is 0.493 e. The second kappa shape index (κ2) is 7.43. The molecule has 0 aromatic heterocycles. The minimum atomic E-state index is -0.602. The third kappa shape index (κ3) is 4.30. The fourth-order valence-corrected chi connectivity index (χ4v) is 1.54. The van der Waals surface area contributed by atoms with E-state index in [1.54, 1.807) is 31.4 Å². The molecule has 1 rings (SSSR count). The summed E-state index contributed by atoms with van der Waals surface area (Å²) in [5.74, 6) is 0.947. The molecule has 1 aromatic rings. The first kappa shape index (κ1) is 15.0. The van der Waals surface area contributed by atoms with Gasteiger partial charge in [0.1, 0.15) is 0 Å². The van der Waals surface area contributed by atoms with Crippen LogP contribution in [0.4, 0.5) is 5.69 Å². The van der Waals surface area contributed by atoms with Gasteiger partial charge in [-0.25, -0.2) is 0 Å². The third-order valence-corrected chi connectivity index (χ3v) is 2.49. The lowest BCUT2D eigenvalue weighted by Gasteiger charge is -2.13. The molecule has 0 fully saturated rings. The van der Waals surface area contributed by atoms with Crippen molar-refractivity contribution in [3.8, 4) is 11.5 Å². The summed E-state index contributed by atoms with van der Waals surface area (Å²) in [4.78, 5) is 11.8. The first-order valence-electron chi connectivity index (χ1n) is 6.10. The molecule has 0 saturated heterocycles. The summed E-state index contributed by atoms with van der Waals surface area (Å²) in [7, 11) is 1.57. The van der Waals surface area contributed by atoms with Crippen LogP contribution in [0.5, 0.6) is 11.5 Å². The first-order valence-corrected chi connectivity index (χ1v) is 6.10. The molecule has 0 spiro atoms. The van der Waals surface area contributed by atoms with Gasteiger partial charge >= 0.3 is 0 Å². The van der Waals surface area contributed by atoms with E-state index in [9.17, 15) is 4.79 Å². The number of amides is 1. The molecule has 0 saturated carbocycles. The Labute approximate surface area is 113 Å². The number of hydrogen-bond acceptors (Lipinski definition) is 4. The number of carbonyl (C=O) groups is 1. The molecule has 0 bridgehead atoms. The average molecular weight is 264 g/mol. The molecule has 5 nitrogen and oxygen atoms in total. The van der Waals surface area contributed by atoms with E-state index in [0.717, 1.165) is 0 Å². The molecule has 19 heavy (non-hydrogen) atoms. The molecule has 104 valence electrons. The molecular formula is C14H20N2O3. The Morgan fingerprint density at radius 3 is 2.84 bits per heavy atom. The van der Waals surface area contributed by atoms with E-state index in [2.05, 4.69) is 11.9 Å². The maximum absolute atomic E-state index is 11.8. The molecule has 1 amide bonds. The molecule has 0 aliphatic rings. The molecule has 3 N–H and O–H groups in total. The highest BCUT2D eigenvalue weighted by Gasteiger charge is 2.13. The highest BCUT2D eigenvalue weighted by atomic mass is 16.5. The van der Waals surface area contributed by atoms with Gasteiger partial charge in [0.15, 0.2) is 11.5 Å². The second-order valence-electron chi connectivity index (χ2n) is 3.92. The van der Waals surface area contributed by atoms with E-state index < -0.39 is 6.04 Å². The van der Waals surface area contributed by atoms with Crippen LogP contribution < -0.4 is 20.5 Å². The smallest absolute Gasteiger partial charge is 0.241 e. The third-order valence-electron chi connectivity index (χ3n) is 2.49. The van der Waals surface area contributed by atoms with Crippen LogP contribution >= 0.6 is 0 Å². The molecule has 1 atom stereocenters. The summed E-state index contributed by atoms with van der Waals surface area (Å²) in [6.07, 6.45) is 2.05. The Kier molecular flexibility index (Phi) is 5.89. The highest BCUT2D eigenvalue weighted by molar-refractivity contribution is 5.95. The van der Waals surface area contributed by atoms with E-state index in [1.807, 2.05) is 6.92 Å². The van der Waals surface area contributed by atoms with Crippen LogP contribution in [0.1, 0.15) is 13.3 Å². The zero-order chi connectivity index (χ0) is 14.3. The van der Waals surface area contributed by atoms with Gasteiger partial charge in [0.05, 0.1) is 19.8 Å². The number of anilines is 1. The zero-order valence-corrected chi connectivity index (χ0v) is 11.3. The SMILES string of the molecule is C=CCC(N)C(=O)Nc1ccc(OC)c(OCC)c1. The molecule has 0 radical (unpaired) electrons. The van der Waals surface area contributed by atoms with Crippen molar-refractivity contribution in [3.63, 3.8) is 0 Å². The topological polar surface area (TPSA) is 73.6 Å². The Balaban J connectivity index is 2.81. The fourth-order valence-electron chi connectivity index (χ4n) is 1.54. The second-order valence-corrected chi connectivity index (χ2v) is 3.92. The predicted molar refractivity (Wildman–Crippen MR) is 75.6 cm³/mol. The average Bonchev–Trinajstić information content (AvgIpc) is 2.39. The summed E-state index contributed by atoms with van der Waals surface area (Å²) in [6, 6.07) is 4.58. The van der Waals surface area contributed by atoms with Crippen molar-refractivity contribution in [3.05, 3.63) is 30.9 Å². The minimum absolute atomic E-state index is 0.257. The van der Waals surface area contributed by atoms with Gasteiger partial charge in [0, 0.05) is 11.8 Å². The van der Waals surface area contributed by atoms with Crippen molar-refractivity contribution in [2.24, 2.45) is 5.73 Å². The normalized spacial score (nSPS) is 11.5. The number of nitrogens with two attached hydrogens (primary N) is 1. The number of carbonyl (C=O) groups excluding carboxylic acids is 1. The number of rotatable bonds is 7. The van der Waals surface area contributed by atoms with Gasteiger partial charge in [-0.1, -0.05) is 6.08 Å². The lowest BCUT2D eigenvalue weighted by atomic mass is 10.2. The number of nitrogens with one attached hydrogen (secondary N) is 1. The van der Waals surface area contributed by atoms with Crippen molar-refractivity contribution in [1.82, 2.24) is 0 Å². The summed E-state index contributed by atoms with van der Waals surface area (Å²) in [6.45, 7) is 5.95. The van der Waals surface area contributed by atoms with Crippen LogP contribution in [-0.4, -0.2) is 25.7 Å². The lowest BCUT2D eigenvalue weighted by Crippen LogP contribution is -2.35. The highest BCUT2D eigenvalue weighted by Crippen LogP contribution is 2.30. The molecule has 0 aliphatic heterocycles. The molecule has 0 heterocycles.